The van der Waals surface area contributed by atoms with Crippen LogP contribution in [0.1, 0.15) is 220 Å². The molecule has 322 valence electrons. The van der Waals surface area contributed by atoms with Crippen molar-refractivity contribution in [2.75, 3.05) is 13.2 Å². The third kappa shape index (κ3) is 42.3. The Morgan fingerprint density at radius 2 is 0.696 bits per heavy atom. The lowest BCUT2D eigenvalue weighted by molar-refractivity contribution is -0.167. The Hall–Kier alpha value is -2.89. The Bertz CT molecular complexity index is 1040. The molecular formula is C50H86O6. The molecule has 0 N–H and O–H groups in total. The number of esters is 3. The quantitative estimate of drug-likeness (QED) is 0.0266. The first kappa shape index (κ1) is 53.1. The van der Waals surface area contributed by atoms with Gasteiger partial charge in [0, 0.05) is 19.3 Å². The topological polar surface area (TPSA) is 78.9 Å². The van der Waals surface area contributed by atoms with Crippen molar-refractivity contribution in [1.29, 1.82) is 0 Å². The highest BCUT2D eigenvalue weighted by Gasteiger charge is 2.19. The minimum Gasteiger partial charge on any atom is -0.462 e. The zero-order chi connectivity index (χ0) is 40.8. The minimum absolute atomic E-state index is 0.0855. The van der Waals surface area contributed by atoms with E-state index in [-0.39, 0.29) is 31.1 Å². The molecule has 0 aliphatic rings. The summed E-state index contributed by atoms with van der Waals surface area (Å²) in [6.45, 7) is 6.44. The van der Waals surface area contributed by atoms with Gasteiger partial charge < -0.3 is 14.2 Å². The second-order valence-electron chi connectivity index (χ2n) is 15.4. The number of hydrogen-bond acceptors (Lipinski definition) is 6. The van der Waals surface area contributed by atoms with Crippen LogP contribution in [0.15, 0.2) is 60.8 Å². The normalized spacial score (nSPS) is 12.6. The van der Waals surface area contributed by atoms with E-state index in [9.17, 15) is 14.4 Å². The van der Waals surface area contributed by atoms with Crippen LogP contribution in [0.4, 0.5) is 0 Å². The van der Waals surface area contributed by atoms with Crippen molar-refractivity contribution in [1.82, 2.24) is 0 Å². The lowest BCUT2D eigenvalue weighted by atomic mass is 10.0. The fourth-order valence-electron chi connectivity index (χ4n) is 6.40. The number of carbonyl (C=O) groups is 3. The first-order chi connectivity index (χ1) is 27.5. The van der Waals surface area contributed by atoms with E-state index in [0.29, 0.717) is 19.3 Å². The summed E-state index contributed by atoms with van der Waals surface area (Å²) < 4.78 is 16.7. The molecule has 6 heteroatoms. The molecule has 0 amide bonds. The molecule has 0 aliphatic carbocycles. The van der Waals surface area contributed by atoms with Crippen LogP contribution in [0.25, 0.3) is 0 Å². The number of rotatable bonds is 41. The molecule has 6 nitrogen and oxygen atoms in total. The van der Waals surface area contributed by atoms with Gasteiger partial charge in [0.05, 0.1) is 0 Å². The Kier molecular flexibility index (Phi) is 42.5. The molecule has 0 aromatic heterocycles. The maximum absolute atomic E-state index is 12.7. The number of hydrogen-bond donors (Lipinski definition) is 0. The highest BCUT2D eigenvalue weighted by molar-refractivity contribution is 5.71. The third-order valence-electron chi connectivity index (χ3n) is 9.91. The van der Waals surface area contributed by atoms with Gasteiger partial charge in [-0.25, -0.2) is 0 Å². The first-order valence-corrected chi connectivity index (χ1v) is 23.4. The minimum atomic E-state index is -0.785. The van der Waals surface area contributed by atoms with E-state index in [4.69, 9.17) is 14.2 Å². The van der Waals surface area contributed by atoms with Crippen LogP contribution in [-0.2, 0) is 28.6 Å². The summed E-state index contributed by atoms with van der Waals surface area (Å²) in [5.41, 5.74) is 0. The zero-order valence-electron chi connectivity index (χ0n) is 36.6. The molecule has 0 spiro atoms. The monoisotopic (exact) mass is 783 g/mol. The molecule has 0 fully saturated rings. The molecule has 0 rings (SSSR count). The molecular weight excluding hydrogens is 697 g/mol. The molecule has 0 aromatic rings. The lowest BCUT2D eigenvalue weighted by Crippen LogP contribution is -2.30. The van der Waals surface area contributed by atoms with Crippen LogP contribution in [0.5, 0.6) is 0 Å². The summed E-state index contributed by atoms with van der Waals surface area (Å²) in [7, 11) is 0. The number of ether oxygens (including phenoxy) is 3. The maximum atomic E-state index is 12.7. The molecule has 0 radical (unpaired) electrons. The van der Waals surface area contributed by atoms with E-state index in [1.165, 1.54) is 109 Å². The van der Waals surface area contributed by atoms with Crippen molar-refractivity contribution in [2.24, 2.45) is 0 Å². The number of carbonyl (C=O) groups excluding carboxylic acids is 3. The molecule has 1 unspecified atom stereocenters. The standard InChI is InChI=1S/C50H86O6/c1-4-7-10-13-16-19-22-24-25-27-28-31-34-37-40-43-49(52)55-46-47(45-54-48(51)42-39-36-33-30-21-18-15-12-9-6-3)56-50(53)44-41-38-35-32-29-26-23-20-17-14-11-8-5-2/h7,10,13,16,19,22,24-25,27-28,47H,4-6,8-9,11-12,14-15,17-18,20-21,23,26,29-46H2,1-3H3/b10-7-,16-13-,22-19-,25-24-,28-27-. The Morgan fingerprint density at radius 1 is 0.375 bits per heavy atom. The van der Waals surface area contributed by atoms with Gasteiger partial charge in [-0.2, -0.15) is 0 Å². The highest BCUT2D eigenvalue weighted by Crippen LogP contribution is 2.15. The largest absolute Gasteiger partial charge is 0.462 e. The molecule has 0 bridgehead atoms. The summed E-state index contributed by atoms with van der Waals surface area (Å²) in [5.74, 6) is -0.929. The van der Waals surface area contributed by atoms with Crippen LogP contribution in [-0.4, -0.2) is 37.2 Å². The fraction of sp³-hybridized carbons (Fsp3) is 0.740. The second-order valence-corrected chi connectivity index (χ2v) is 15.4. The van der Waals surface area contributed by atoms with Gasteiger partial charge in [0.25, 0.3) is 0 Å². The van der Waals surface area contributed by atoms with Crippen molar-refractivity contribution < 1.29 is 28.6 Å². The summed E-state index contributed by atoms with van der Waals surface area (Å²) >= 11 is 0. The van der Waals surface area contributed by atoms with Gasteiger partial charge in [-0.05, 0) is 38.5 Å². The van der Waals surface area contributed by atoms with Gasteiger partial charge in [-0.15, -0.1) is 0 Å². The van der Waals surface area contributed by atoms with Crippen molar-refractivity contribution in [3.8, 4) is 0 Å². The van der Waals surface area contributed by atoms with Gasteiger partial charge in [0.1, 0.15) is 13.2 Å². The van der Waals surface area contributed by atoms with Crippen LogP contribution in [0.3, 0.4) is 0 Å². The van der Waals surface area contributed by atoms with Gasteiger partial charge in [0.15, 0.2) is 6.10 Å². The van der Waals surface area contributed by atoms with Crippen molar-refractivity contribution in [3.63, 3.8) is 0 Å². The molecule has 0 aromatic carbocycles. The predicted molar refractivity (Wildman–Crippen MR) is 238 cm³/mol. The average Bonchev–Trinajstić information content (AvgIpc) is 3.19. The van der Waals surface area contributed by atoms with Crippen LogP contribution in [0, 0.1) is 0 Å². The molecule has 0 aliphatic heterocycles. The van der Waals surface area contributed by atoms with E-state index < -0.39 is 6.10 Å². The third-order valence-corrected chi connectivity index (χ3v) is 9.91. The molecule has 0 saturated carbocycles. The Morgan fingerprint density at radius 3 is 1.09 bits per heavy atom. The SMILES string of the molecule is CC\C=C/C=C\C=C/C=C\C=C/CCCCCC(=O)OCC(COC(=O)CCCCCCCCCCCC)OC(=O)CCCCCCCCCCCCCCC. The van der Waals surface area contributed by atoms with E-state index in [2.05, 4.69) is 32.9 Å². The van der Waals surface area contributed by atoms with Gasteiger partial charge in [-0.3, -0.25) is 14.4 Å². The van der Waals surface area contributed by atoms with E-state index in [1.807, 2.05) is 48.6 Å². The van der Waals surface area contributed by atoms with Gasteiger partial charge in [-0.1, -0.05) is 223 Å². The maximum Gasteiger partial charge on any atom is 0.306 e. The number of unbranched alkanes of at least 4 members (excludes halogenated alkanes) is 24. The second kappa shape index (κ2) is 44.8. The Balaban J connectivity index is 4.44. The molecule has 1 atom stereocenters. The van der Waals surface area contributed by atoms with Gasteiger partial charge >= 0.3 is 17.9 Å². The van der Waals surface area contributed by atoms with Crippen molar-refractivity contribution in [2.45, 2.75) is 226 Å². The summed E-state index contributed by atoms with van der Waals surface area (Å²) in [6.07, 6.45) is 53.4. The van der Waals surface area contributed by atoms with E-state index in [1.54, 1.807) is 0 Å². The Labute approximate surface area is 345 Å². The lowest BCUT2D eigenvalue weighted by Gasteiger charge is -2.18. The van der Waals surface area contributed by atoms with Crippen molar-refractivity contribution >= 4 is 17.9 Å². The average molecular weight is 783 g/mol. The smallest absolute Gasteiger partial charge is 0.306 e. The molecule has 56 heavy (non-hydrogen) atoms. The van der Waals surface area contributed by atoms with Crippen molar-refractivity contribution in [3.05, 3.63) is 60.8 Å². The van der Waals surface area contributed by atoms with Crippen LogP contribution < -0.4 is 0 Å². The molecule has 0 saturated heterocycles. The summed E-state index contributed by atoms with van der Waals surface area (Å²) in [4.78, 5) is 37.7. The summed E-state index contributed by atoms with van der Waals surface area (Å²) in [5, 5.41) is 0. The van der Waals surface area contributed by atoms with Gasteiger partial charge in [0.2, 0.25) is 0 Å². The highest BCUT2D eigenvalue weighted by atomic mass is 16.6. The van der Waals surface area contributed by atoms with Crippen LogP contribution in [0.2, 0.25) is 0 Å². The summed E-state index contributed by atoms with van der Waals surface area (Å²) in [6, 6.07) is 0. The van der Waals surface area contributed by atoms with E-state index in [0.717, 1.165) is 70.6 Å². The fourth-order valence-corrected chi connectivity index (χ4v) is 6.40. The van der Waals surface area contributed by atoms with Crippen LogP contribution >= 0.6 is 0 Å². The molecule has 0 heterocycles. The van der Waals surface area contributed by atoms with E-state index >= 15 is 0 Å². The number of allylic oxidation sites excluding steroid dienone is 10. The zero-order valence-corrected chi connectivity index (χ0v) is 36.6. The first-order valence-electron chi connectivity index (χ1n) is 23.4. The predicted octanol–water partition coefficient (Wildman–Crippen LogP) is 14.9.